The van der Waals surface area contributed by atoms with Crippen LogP contribution >= 0.6 is 0 Å². The largest absolute Gasteiger partial charge is 0.399 e. The highest BCUT2D eigenvalue weighted by molar-refractivity contribution is 6.11. The summed E-state index contributed by atoms with van der Waals surface area (Å²) in [7, 11) is 0. The highest BCUT2D eigenvalue weighted by Gasteiger charge is 2.69. The van der Waals surface area contributed by atoms with Gasteiger partial charge in [-0.25, -0.2) is 0 Å². The molecule has 1 aromatic rings. The van der Waals surface area contributed by atoms with Gasteiger partial charge in [0.2, 0.25) is 11.3 Å². The summed E-state index contributed by atoms with van der Waals surface area (Å²) >= 11 is 0. The SMILES string of the molecule is CC(C)N1CCC2=C(C1)[C@@]1(C(=O)Nc3ccccc31)C(C#N)(C#N)C(N)=C2C#N. The highest BCUT2D eigenvalue weighted by Crippen LogP contribution is 2.60. The van der Waals surface area contributed by atoms with Crippen LogP contribution in [0.3, 0.4) is 0 Å². The van der Waals surface area contributed by atoms with Gasteiger partial charge in [-0.05, 0) is 43.0 Å². The zero-order valence-electron chi connectivity index (χ0n) is 16.3. The van der Waals surface area contributed by atoms with E-state index in [0.29, 0.717) is 41.9 Å². The van der Waals surface area contributed by atoms with Crippen molar-refractivity contribution in [3.05, 3.63) is 52.2 Å². The summed E-state index contributed by atoms with van der Waals surface area (Å²) in [4.78, 5) is 15.8. The molecule has 2 aliphatic heterocycles. The summed E-state index contributed by atoms with van der Waals surface area (Å²) in [5.41, 5.74) is 5.24. The lowest BCUT2D eigenvalue weighted by Gasteiger charge is -2.48. The third-order valence-corrected chi connectivity index (χ3v) is 6.46. The smallest absolute Gasteiger partial charge is 0.242 e. The Labute approximate surface area is 169 Å². The molecule has 1 spiro atoms. The summed E-state index contributed by atoms with van der Waals surface area (Å²) < 4.78 is 0. The second kappa shape index (κ2) is 6.21. The first-order valence-electron chi connectivity index (χ1n) is 9.49. The predicted molar refractivity (Wildman–Crippen MR) is 106 cm³/mol. The zero-order valence-corrected chi connectivity index (χ0v) is 16.3. The van der Waals surface area contributed by atoms with E-state index in [1.165, 1.54) is 0 Å². The summed E-state index contributed by atoms with van der Waals surface area (Å²) in [6.07, 6.45) is 0.529. The fourth-order valence-corrected chi connectivity index (χ4v) is 4.99. The van der Waals surface area contributed by atoms with Crippen molar-refractivity contribution in [2.24, 2.45) is 11.1 Å². The third-order valence-electron chi connectivity index (χ3n) is 6.46. The fraction of sp³-hybridized carbons (Fsp3) is 0.364. The molecule has 3 aliphatic rings. The number of hydrogen-bond donors (Lipinski definition) is 2. The molecule has 0 saturated heterocycles. The maximum absolute atomic E-state index is 13.6. The van der Waals surface area contributed by atoms with Gasteiger partial charge in [0.1, 0.15) is 11.5 Å². The molecule has 0 unspecified atom stereocenters. The number of nitriles is 3. The number of para-hydroxylation sites is 1. The third kappa shape index (κ3) is 2.04. The molecule has 1 aromatic carbocycles. The first-order chi connectivity index (χ1) is 13.9. The van der Waals surface area contributed by atoms with Gasteiger partial charge in [0, 0.05) is 24.8 Å². The fourth-order valence-electron chi connectivity index (χ4n) is 4.99. The summed E-state index contributed by atoms with van der Waals surface area (Å²) in [5.74, 6) is -0.445. The molecule has 0 radical (unpaired) electrons. The Morgan fingerprint density at radius 2 is 1.90 bits per heavy atom. The van der Waals surface area contributed by atoms with Crippen molar-refractivity contribution in [3.8, 4) is 18.2 Å². The molecule has 7 nitrogen and oxygen atoms in total. The molecule has 144 valence electrons. The van der Waals surface area contributed by atoms with Gasteiger partial charge in [-0.1, -0.05) is 18.2 Å². The number of hydrogen-bond acceptors (Lipinski definition) is 6. The number of carbonyl (C=O) groups is 1. The van der Waals surface area contributed by atoms with E-state index in [2.05, 4.69) is 42.3 Å². The van der Waals surface area contributed by atoms with Crippen molar-refractivity contribution in [2.45, 2.75) is 31.7 Å². The van der Waals surface area contributed by atoms with E-state index in [1.54, 1.807) is 24.3 Å². The standard InChI is InChI=1S/C22H20N6O/c1-13(2)28-8-7-14-15(9-23)19(26)21(11-24,12-25)22(17(14)10-28)16-5-3-4-6-18(16)27-20(22)29/h3-6,13H,7-8,10,26H2,1-2H3,(H,27,29)/t22-/m0/s1. The van der Waals surface area contributed by atoms with Crippen molar-refractivity contribution < 1.29 is 4.79 Å². The van der Waals surface area contributed by atoms with Crippen LogP contribution in [0.2, 0.25) is 0 Å². The van der Waals surface area contributed by atoms with Gasteiger partial charge < -0.3 is 11.1 Å². The van der Waals surface area contributed by atoms with Crippen molar-refractivity contribution >= 4 is 11.6 Å². The Morgan fingerprint density at radius 1 is 1.21 bits per heavy atom. The number of nitrogens with two attached hydrogens (primary N) is 1. The monoisotopic (exact) mass is 384 g/mol. The van der Waals surface area contributed by atoms with Gasteiger partial charge in [0.15, 0.2) is 0 Å². The normalized spacial score (nSPS) is 25.2. The zero-order chi connectivity index (χ0) is 21.0. The van der Waals surface area contributed by atoms with E-state index in [1.807, 2.05) is 0 Å². The maximum atomic E-state index is 13.6. The number of amides is 1. The van der Waals surface area contributed by atoms with Crippen molar-refractivity contribution in [2.75, 3.05) is 18.4 Å². The number of carbonyl (C=O) groups excluding carboxylic acids is 1. The van der Waals surface area contributed by atoms with Crippen LogP contribution in [0.5, 0.6) is 0 Å². The van der Waals surface area contributed by atoms with Gasteiger partial charge in [-0.2, -0.15) is 15.8 Å². The summed E-state index contributed by atoms with van der Waals surface area (Å²) in [5, 5.41) is 33.2. The lowest BCUT2D eigenvalue weighted by Crippen LogP contribution is -2.59. The van der Waals surface area contributed by atoms with E-state index in [-0.39, 0.29) is 17.3 Å². The first kappa shape index (κ1) is 18.7. The number of fused-ring (bicyclic) bond motifs is 3. The second-order valence-corrected chi connectivity index (χ2v) is 7.90. The first-order valence-corrected chi connectivity index (χ1v) is 9.49. The molecule has 7 heteroatoms. The number of rotatable bonds is 1. The lowest BCUT2D eigenvalue weighted by molar-refractivity contribution is -0.121. The molecule has 0 fully saturated rings. The molecular formula is C22H20N6O. The van der Waals surface area contributed by atoms with Crippen LogP contribution in [0.15, 0.2) is 46.7 Å². The Hall–Kier alpha value is -3.60. The molecule has 3 N–H and O–H groups in total. The van der Waals surface area contributed by atoms with Crippen molar-refractivity contribution in [1.82, 2.24) is 4.90 Å². The highest BCUT2D eigenvalue weighted by atomic mass is 16.2. The van der Waals surface area contributed by atoms with E-state index in [9.17, 15) is 20.6 Å². The van der Waals surface area contributed by atoms with Gasteiger partial charge >= 0.3 is 0 Å². The molecule has 1 amide bonds. The molecule has 0 saturated carbocycles. The number of allylic oxidation sites excluding steroid dienone is 2. The van der Waals surface area contributed by atoms with Gasteiger partial charge in [0.05, 0.1) is 23.4 Å². The molecule has 1 atom stereocenters. The molecule has 0 aromatic heterocycles. The van der Waals surface area contributed by atoms with Gasteiger partial charge in [-0.3, -0.25) is 9.69 Å². The van der Waals surface area contributed by atoms with E-state index in [4.69, 9.17) is 5.73 Å². The average Bonchev–Trinajstić information content (AvgIpc) is 3.02. The second-order valence-electron chi connectivity index (χ2n) is 7.90. The number of nitrogens with zero attached hydrogens (tertiary/aromatic N) is 4. The number of nitrogens with one attached hydrogen (secondary N) is 1. The minimum Gasteiger partial charge on any atom is -0.399 e. The molecule has 0 bridgehead atoms. The molecule has 2 heterocycles. The van der Waals surface area contributed by atoms with Crippen LogP contribution in [0, 0.1) is 39.4 Å². The maximum Gasteiger partial charge on any atom is 0.242 e. The van der Waals surface area contributed by atoms with Crippen LogP contribution in [0.1, 0.15) is 25.8 Å². The number of benzene rings is 1. The van der Waals surface area contributed by atoms with E-state index >= 15 is 0 Å². The van der Waals surface area contributed by atoms with Crippen LogP contribution < -0.4 is 11.1 Å². The Bertz CT molecular complexity index is 1110. The van der Waals surface area contributed by atoms with Crippen molar-refractivity contribution in [1.29, 1.82) is 15.8 Å². The van der Waals surface area contributed by atoms with Crippen molar-refractivity contribution in [3.63, 3.8) is 0 Å². The Balaban J connectivity index is 2.16. The van der Waals surface area contributed by atoms with E-state index < -0.39 is 16.7 Å². The van der Waals surface area contributed by atoms with Crippen LogP contribution in [0.4, 0.5) is 5.69 Å². The Morgan fingerprint density at radius 3 is 2.52 bits per heavy atom. The van der Waals surface area contributed by atoms with Crippen LogP contribution in [0.25, 0.3) is 0 Å². The molecular weight excluding hydrogens is 364 g/mol. The van der Waals surface area contributed by atoms with Crippen LogP contribution in [-0.2, 0) is 10.2 Å². The minimum absolute atomic E-state index is 0.131. The lowest BCUT2D eigenvalue weighted by atomic mass is 9.51. The molecule has 4 rings (SSSR count). The molecule has 1 aliphatic carbocycles. The summed E-state index contributed by atoms with van der Waals surface area (Å²) in [6, 6.07) is 13.5. The van der Waals surface area contributed by atoms with Gasteiger partial charge in [-0.15, -0.1) is 0 Å². The van der Waals surface area contributed by atoms with Crippen LogP contribution in [-0.4, -0.2) is 29.9 Å². The number of anilines is 1. The summed E-state index contributed by atoms with van der Waals surface area (Å²) in [6.45, 7) is 5.21. The predicted octanol–water partition coefficient (Wildman–Crippen LogP) is 2.07. The molecule has 29 heavy (non-hydrogen) atoms. The Kier molecular flexibility index (Phi) is 4.01. The minimum atomic E-state index is -2.01. The topological polar surface area (TPSA) is 130 Å². The van der Waals surface area contributed by atoms with E-state index in [0.717, 1.165) is 0 Å². The van der Waals surface area contributed by atoms with Gasteiger partial charge in [0.25, 0.3) is 0 Å². The average molecular weight is 384 g/mol. The quantitative estimate of drug-likeness (QED) is 0.762.